The zero-order valence-electron chi connectivity index (χ0n) is 7.56. The highest BCUT2D eigenvalue weighted by molar-refractivity contribution is 7.76. The molecule has 0 bridgehead atoms. The van der Waals surface area contributed by atoms with Gasteiger partial charge in [-0.15, -0.1) is 0 Å². The summed E-state index contributed by atoms with van der Waals surface area (Å²) in [6, 6.07) is 0. The molecule has 0 aromatic rings. The molecule has 0 heterocycles. The van der Waals surface area contributed by atoms with Gasteiger partial charge in [0.1, 0.15) is 0 Å². The van der Waals surface area contributed by atoms with Gasteiger partial charge in [0.2, 0.25) is 0 Å². The Morgan fingerprint density at radius 1 is 1.42 bits per heavy atom. The molecule has 1 aliphatic rings. The van der Waals surface area contributed by atoms with Crippen molar-refractivity contribution in [3.8, 4) is 0 Å². The van der Waals surface area contributed by atoms with Gasteiger partial charge in [0, 0.05) is 5.54 Å². The van der Waals surface area contributed by atoms with Crippen LogP contribution in [0.4, 0.5) is 4.79 Å². The van der Waals surface area contributed by atoms with Crippen LogP contribution in [0.1, 0.15) is 45.4 Å². The molecule has 12 heavy (non-hydrogen) atoms. The lowest BCUT2D eigenvalue weighted by molar-refractivity contribution is 0.215. The summed E-state index contributed by atoms with van der Waals surface area (Å²) in [5.74, 6) is 0. The summed E-state index contributed by atoms with van der Waals surface area (Å²) in [4.78, 5) is 10.8. The van der Waals surface area contributed by atoms with Crippen molar-refractivity contribution in [2.24, 2.45) is 0 Å². The Morgan fingerprint density at radius 2 is 2.00 bits per heavy atom. The van der Waals surface area contributed by atoms with Gasteiger partial charge < -0.3 is 22.7 Å². The van der Waals surface area contributed by atoms with E-state index in [-0.39, 0.29) is 10.8 Å². The lowest BCUT2D eigenvalue weighted by atomic mass is 9.80. The molecule has 0 unspecified atom stereocenters. The highest BCUT2D eigenvalue weighted by Crippen LogP contribution is 2.30. The minimum Gasteiger partial charge on any atom is -0.719 e. The average Bonchev–Trinajstić information content (AvgIpc) is 2.05. The van der Waals surface area contributed by atoms with Gasteiger partial charge in [-0.1, -0.05) is 26.2 Å². The van der Waals surface area contributed by atoms with Crippen LogP contribution in [0, 0.1) is 0 Å². The van der Waals surface area contributed by atoms with Gasteiger partial charge in [-0.3, -0.25) is 0 Å². The van der Waals surface area contributed by atoms with E-state index >= 15 is 0 Å². The molecular weight excluding hydrogens is 170 g/mol. The molecule has 1 fully saturated rings. The second-order valence-electron chi connectivity index (χ2n) is 3.61. The Morgan fingerprint density at radius 3 is 2.42 bits per heavy atom. The van der Waals surface area contributed by atoms with E-state index in [4.69, 9.17) is 0 Å². The second-order valence-corrected chi connectivity index (χ2v) is 3.98. The second kappa shape index (κ2) is 4.08. The van der Waals surface area contributed by atoms with Crippen molar-refractivity contribution in [3.05, 3.63) is 0 Å². The number of hydrogen-bond acceptors (Lipinski definition) is 2. The molecule has 0 radical (unpaired) electrons. The normalized spacial score (nSPS) is 21.8. The molecule has 0 saturated heterocycles. The van der Waals surface area contributed by atoms with Crippen LogP contribution in [0.5, 0.6) is 0 Å². The van der Waals surface area contributed by atoms with Crippen molar-refractivity contribution >= 4 is 17.9 Å². The number of rotatable bonds is 2. The first-order chi connectivity index (χ1) is 5.68. The number of carbonyl (C=O) groups is 1. The molecule has 0 atom stereocenters. The zero-order valence-corrected chi connectivity index (χ0v) is 8.38. The van der Waals surface area contributed by atoms with Crippen molar-refractivity contribution in [3.63, 3.8) is 0 Å². The van der Waals surface area contributed by atoms with Gasteiger partial charge in [0.25, 0.3) is 0 Å². The van der Waals surface area contributed by atoms with Gasteiger partial charge in [-0.2, -0.15) is 0 Å². The third-order valence-corrected chi connectivity index (χ3v) is 2.96. The van der Waals surface area contributed by atoms with E-state index in [1.165, 1.54) is 19.3 Å². The molecule has 1 N–H and O–H groups in total. The van der Waals surface area contributed by atoms with Crippen LogP contribution >= 0.6 is 0 Å². The predicted molar refractivity (Wildman–Crippen MR) is 52.0 cm³/mol. The summed E-state index contributed by atoms with van der Waals surface area (Å²) >= 11 is 4.55. The maximum atomic E-state index is 10.8. The molecule has 1 amide bonds. The summed E-state index contributed by atoms with van der Waals surface area (Å²) in [5.41, 5.74) is 0.0388. The highest BCUT2D eigenvalue weighted by Gasteiger charge is 2.29. The Kier molecular flexibility index (Phi) is 3.32. The van der Waals surface area contributed by atoms with Gasteiger partial charge in [-0.05, 0) is 19.3 Å². The average molecular weight is 186 g/mol. The minimum absolute atomic E-state index is 0.0388. The molecule has 0 aliphatic heterocycles. The van der Waals surface area contributed by atoms with E-state index in [2.05, 4.69) is 24.9 Å². The van der Waals surface area contributed by atoms with E-state index in [0.29, 0.717) is 0 Å². The summed E-state index contributed by atoms with van der Waals surface area (Å²) in [6.45, 7) is 2.12. The molecule has 2 nitrogen and oxygen atoms in total. The molecule has 1 rings (SSSR count). The van der Waals surface area contributed by atoms with E-state index in [1.807, 2.05) is 0 Å². The Balaban J connectivity index is 2.53. The summed E-state index contributed by atoms with van der Waals surface area (Å²) in [6.07, 6.45) is 6.97. The number of hydrogen-bond donors (Lipinski definition) is 1. The fourth-order valence-electron chi connectivity index (χ4n) is 2.01. The highest BCUT2D eigenvalue weighted by atomic mass is 32.1. The van der Waals surface area contributed by atoms with Crippen molar-refractivity contribution in [2.75, 3.05) is 0 Å². The topological polar surface area (TPSA) is 29.1 Å². The third kappa shape index (κ3) is 2.34. The van der Waals surface area contributed by atoms with Crippen LogP contribution in [-0.4, -0.2) is 10.8 Å². The van der Waals surface area contributed by atoms with Crippen molar-refractivity contribution in [1.82, 2.24) is 5.32 Å². The summed E-state index contributed by atoms with van der Waals surface area (Å²) in [5, 5.41) is 2.63. The van der Waals surface area contributed by atoms with E-state index in [9.17, 15) is 4.79 Å². The number of nitrogens with one attached hydrogen (secondary N) is 1. The predicted octanol–water partition coefficient (Wildman–Crippen LogP) is 2.36. The number of amides is 1. The Labute approximate surface area is 79.5 Å². The molecule has 1 saturated carbocycles. The van der Waals surface area contributed by atoms with Gasteiger partial charge in [0.05, 0.1) is 5.24 Å². The maximum absolute atomic E-state index is 10.8. The smallest absolute Gasteiger partial charge is 0.0985 e. The number of carbonyl (C=O) groups excluding carboxylic acids is 1. The molecule has 0 aromatic carbocycles. The van der Waals surface area contributed by atoms with Crippen molar-refractivity contribution in [2.45, 2.75) is 51.0 Å². The van der Waals surface area contributed by atoms with Gasteiger partial charge >= 0.3 is 0 Å². The molecule has 0 aromatic heterocycles. The standard InChI is InChI=1S/C9H17NOS/c1-2-9(10-8(11)12)6-4-3-5-7-9/h2-7H2,1H3,(H2,10,11,12)/p-1. The monoisotopic (exact) mass is 186 g/mol. The summed E-state index contributed by atoms with van der Waals surface area (Å²) in [7, 11) is 0. The van der Waals surface area contributed by atoms with Crippen molar-refractivity contribution in [1.29, 1.82) is 0 Å². The fourth-order valence-corrected chi connectivity index (χ4v) is 2.23. The fraction of sp³-hybridized carbons (Fsp3) is 0.889. The third-order valence-electron chi connectivity index (χ3n) is 2.85. The van der Waals surface area contributed by atoms with Crippen LogP contribution in [-0.2, 0) is 12.6 Å². The van der Waals surface area contributed by atoms with Crippen molar-refractivity contribution < 1.29 is 4.79 Å². The Bertz CT molecular complexity index is 164. The van der Waals surface area contributed by atoms with Crippen LogP contribution < -0.4 is 5.32 Å². The molecule has 3 heteroatoms. The van der Waals surface area contributed by atoms with E-state index in [1.54, 1.807) is 0 Å². The lowest BCUT2D eigenvalue weighted by Gasteiger charge is -2.38. The van der Waals surface area contributed by atoms with E-state index < -0.39 is 0 Å². The lowest BCUT2D eigenvalue weighted by Crippen LogP contribution is -2.48. The first-order valence-electron chi connectivity index (χ1n) is 4.68. The van der Waals surface area contributed by atoms with Gasteiger partial charge in [-0.25, -0.2) is 0 Å². The maximum Gasteiger partial charge on any atom is 0.0985 e. The molecule has 0 spiro atoms. The first kappa shape index (κ1) is 9.78. The molecule has 1 aliphatic carbocycles. The van der Waals surface area contributed by atoms with Crippen LogP contribution in [0.2, 0.25) is 0 Å². The Hall–Kier alpha value is -0.310. The molecule has 70 valence electrons. The van der Waals surface area contributed by atoms with Crippen LogP contribution in [0.3, 0.4) is 0 Å². The molecular formula is C9H16NOS-. The van der Waals surface area contributed by atoms with Crippen LogP contribution in [0.15, 0.2) is 0 Å². The zero-order chi connectivity index (χ0) is 9.03. The van der Waals surface area contributed by atoms with Gasteiger partial charge in [0.15, 0.2) is 0 Å². The SMILES string of the molecule is CCC1(NC(=O)[S-])CCCCC1. The summed E-state index contributed by atoms with van der Waals surface area (Å²) < 4.78 is 0. The first-order valence-corrected chi connectivity index (χ1v) is 5.08. The largest absolute Gasteiger partial charge is 0.719 e. The van der Waals surface area contributed by atoms with Crippen LogP contribution in [0.25, 0.3) is 0 Å². The quantitative estimate of drug-likeness (QED) is 0.671. The minimum atomic E-state index is -0.293. The van der Waals surface area contributed by atoms with E-state index in [0.717, 1.165) is 19.3 Å².